The molecule has 0 aliphatic carbocycles. The molecule has 0 spiro atoms. The molecule has 0 fully saturated rings. The third-order valence-corrected chi connectivity index (χ3v) is 2.78. The zero-order valence-electron chi connectivity index (χ0n) is 11.1. The van der Waals surface area contributed by atoms with Crippen LogP contribution in [0.1, 0.15) is 26.3 Å². The fraction of sp³-hybridized carbons (Fsp3) is 0.571. The summed E-state index contributed by atoms with van der Waals surface area (Å²) < 4.78 is 5.71. The van der Waals surface area contributed by atoms with Gasteiger partial charge in [0.2, 0.25) is 0 Å². The maximum atomic E-state index is 6.10. The lowest BCUT2D eigenvalue weighted by molar-refractivity contribution is 0.253. The predicted molar refractivity (Wildman–Crippen MR) is 74.0 cm³/mol. The third-order valence-electron chi connectivity index (χ3n) is 2.49. The van der Waals surface area contributed by atoms with Crippen molar-refractivity contribution < 1.29 is 4.74 Å². The Kier molecular flexibility index (Phi) is 5.79. The Morgan fingerprint density at radius 3 is 2.59 bits per heavy atom. The van der Waals surface area contributed by atoms with Crippen molar-refractivity contribution in [2.45, 2.75) is 33.7 Å². The van der Waals surface area contributed by atoms with Crippen molar-refractivity contribution in [2.75, 3.05) is 13.2 Å². The van der Waals surface area contributed by atoms with Crippen molar-refractivity contribution in [3.05, 3.63) is 28.8 Å². The topological polar surface area (TPSA) is 21.3 Å². The van der Waals surface area contributed by atoms with Gasteiger partial charge in [0.1, 0.15) is 5.75 Å². The Morgan fingerprint density at radius 2 is 2.00 bits per heavy atom. The Bertz CT molecular complexity index is 352. The van der Waals surface area contributed by atoms with Crippen LogP contribution in [0.15, 0.2) is 18.2 Å². The summed E-state index contributed by atoms with van der Waals surface area (Å²) in [6.07, 6.45) is 0. The second-order valence-electron chi connectivity index (χ2n) is 4.91. The normalized spacial score (nSPS) is 12.8. The average molecular weight is 256 g/mol. The molecule has 0 aliphatic heterocycles. The standard InChI is InChI=1S/C14H22ClNO/c1-10(2)16-8-12(4)9-17-14-6-5-11(3)7-13(14)15/h5-7,10,12,16H,8-9H2,1-4H3. The first-order valence-corrected chi connectivity index (χ1v) is 6.49. The van der Waals surface area contributed by atoms with E-state index in [0.29, 0.717) is 23.6 Å². The van der Waals surface area contributed by atoms with Gasteiger partial charge in [-0.25, -0.2) is 0 Å². The number of benzene rings is 1. The summed E-state index contributed by atoms with van der Waals surface area (Å²) in [5, 5.41) is 4.08. The van der Waals surface area contributed by atoms with Gasteiger partial charge in [0.15, 0.2) is 0 Å². The van der Waals surface area contributed by atoms with Gasteiger partial charge in [-0.05, 0) is 24.6 Å². The molecule has 1 unspecified atom stereocenters. The number of rotatable bonds is 6. The molecule has 1 N–H and O–H groups in total. The van der Waals surface area contributed by atoms with Crippen molar-refractivity contribution >= 4 is 11.6 Å². The van der Waals surface area contributed by atoms with E-state index in [-0.39, 0.29) is 0 Å². The van der Waals surface area contributed by atoms with Gasteiger partial charge in [0.25, 0.3) is 0 Å². The summed E-state index contributed by atoms with van der Waals surface area (Å²) in [5.74, 6) is 1.24. The van der Waals surface area contributed by atoms with E-state index in [4.69, 9.17) is 16.3 Å². The average Bonchev–Trinajstić information content (AvgIpc) is 2.25. The van der Waals surface area contributed by atoms with Crippen molar-refractivity contribution in [3.63, 3.8) is 0 Å². The van der Waals surface area contributed by atoms with E-state index in [2.05, 4.69) is 26.1 Å². The molecule has 1 atom stereocenters. The van der Waals surface area contributed by atoms with E-state index in [1.807, 2.05) is 25.1 Å². The molecular weight excluding hydrogens is 234 g/mol. The fourth-order valence-corrected chi connectivity index (χ4v) is 1.74. The SMILES string of the molecule is Cc1ccc(OCC(C)CNC(C)C)c(Cl)c1. The highest BCUT2D eigenvalue weighted by Gasteiger charge is 2.06. The number of hydrogen-bond acceptors (Lipinski definition) is 2. The molecule has 0 bridgehead atoms. The van der Waals surface area contributed by atoms with Crippen LogP contribution in [0.5, 0.6) is 5.75 Å². The quantitative estimate of drug-likeness (QED) is 0.838. The van der Waals surface area contributed by atoms with Crippen LogP contribution in [0.2, 0.25) is 5.02 Å². The van der Waals surface area contributed by atoms with Crippen LogP contribution in [0.25, 0.3) is 0 Å². The van der Waals surface area contributed by atoms with Gasteiger partial charge in [-0.2, -0.15) is 0 Å². The highest BCUT2D eigenvalue weighted by Crippen LogP contribution is 2.25. The lowest BCUT2D eigenvalue weighted by Gasteiger charge is -2.16. The zero-order valence-corrected chi connectivity index (χ0v) is 11.8. The highest BCUT2D eigenvalue weighted by atomic mass is 35.5. The molecule has 3 heteroatoms. The van der Waals surface area contributed by atoms with E-state index in [1.54, 1.807) is 0 Å². The first-order chi connectivity index (χ1) is 7.99. The van der Waals surface area contributed by atoms with Crippen LogP contribution in [0.3, 0.4) is 0 Å². The first-order valence-electron chi connectivity index (χ1n) is 6.11. The van der Waals surface area contributed by atoms with Crippen molar-refractivity contribution in [3.8, 4) is 5.75 Å². The van der Waals surface area contributed by atoms with Gasteiger partial charge in [0.05, 0.1) is 11.6 Å². The summed E-state index contributed by atoms with van der Waals surface area (Å²) in [7, 11) is 0. The van der Waals surface area contributed by atoms with Gasteiger partial charge in [0, 0.05) is 18.5 Å². The van der Waals surface area contributed by atoms with E-state index in [0.717, 1.165) is 17.9 Å². The lowest BCUT2D eigenvalue weighted by Crippen LogP contribution is -2.30. The molecule has 0 saturated heterocycles. The molecule has 1 aromatic rings. The fourth-order valence-electron chi connectivity index (χ4n) is 1.45. The van der Waals surface area contributed by atoms with Crippen LogP contribution in [-0.2, 0) is 0 Å². The Hall–Kier alpha value is -0.730. The van der Waals surface area contributed by atoms with Gasteiger partial charge < -0.3 is 10.1 Å². The Labute approximate surface area is 109 Å². The molecule has 1 aromatic carbocycles. The van der Waals surface area contributed by atoms with Gasteiger partial charge >= 0.3 is 0 Å². The van der Waals surface area contributed by atoms with Crippen LogP contribution in [0.4, 0.5) is 0 Å². The molecule has 0 aliphatic rings. The number of nitrogens with one attached hydrogen (secondary N) is 1. The smallest absolute Gasteiger partial charge is 0.137 e. The monoisotopic (exact) mass is 255 g/mol. The van der Waals surface area contributed by atoms with Gasteiger partial charge in [-0.1, -0.05) is 38.4 Å². The van der Waals surface area contributed by atoms with Crippen molar-refractivity contribution in [1.29, 1.82) is 0 Å². The van der Waals surface area contributed by atoms with Crippen molar-refractivity contribution in [1.82, 2.24) is 5.32 Å². The molecule has 96 valence electrons. The molecule has 0 amide bonds. The molecule has 17 heavy (non-hydrogen) atoms. The number of halogens is 1. The first kappa shape index (κ1) is 14.3. The summed E-state index contributed by atoms with van der Waals surface area (Å²) >= 11 is 6.10. The van der Waals surface area contributed by atoms with E-state index in [1.165, 1.54) is 0 Å². The highest BCUT2D eigenvalue weighted by molar-refractivity contribution is 6.32. The Balaban J connectivity index is 2.39. The third kappa shape index (κ3) is 5.42. The van der Waals surface area contributed by atoms with E-state index in [9.17, 15) is 0 Å². The second-order valence-corrected chi connectivity index (χ2v) is 5.32. The second kappa shape index (κ2) is 6.87. The molecule has 0 saturated carbocycles. The number of hydrogen-bond donors (Lipinski definition) is 1. The molecule has 1 rings (SSSR count). The molecule has 0 radical (unpaired) electrons. The van der Waals surface area contributed by atoms with Crippen LogP contribution in [-0.4, -0.2) is 19.2 Å². The maximum Gasteiger partial charge on any atom is 0.137 e. The molecule has 0 heterocycles. The predicted octanol–water partition coefficient (Wildman–Crippen LogP) is 3.66. The zero-order chi connectivity index (χ0) is 12.8. The minimum Gasteiger partial charge on any atom is -0.492 e. The van der Waals surface area contributed by atoms with Crippen molar-refractivity contribution in [2.24, 2.45) is 5.92 Å². The van der Waals surface area contributed by atoms with Gasteiger partial charge in [-0.3, -0.25) is 0 Å². The van der Waals surface area contributed by atoms with E-state index < -0.39 is 0 Å². The summed E-state index contributed by atoms with van der Waals surface area (Å²) in [4.78, 5) is 0. The number of ether oxygens (including phenoxy) is 1. The maximum absolute atomic E-state index is 6.10. The summed E-state index contributed by atoms with van der Waals surface area (Å²) in [6, 6.07) is 6.38. The number of aryl methyl sites for hydroxylation is 1. The van der Waals surface area contributed by atoms with Crippen LogP contribution >= 0.6 is 11.6 Å². The summed E-state index contributed by atoms with van der Waals surface area (Å²) in [5.41, 5.74) is 1.15. The van der Waals surface area contributed by atoms with Gasteiger partial charge in [-0.15, -0.1) is 0 Å². The summed E-state index contributed by atoms with van der Waals surface area (Å²) in [6.45, 7) is 10.1. The lowest BCUT2D eigenvalue weighted by atomic mass is 10.2. The minimum atomic E-state index is 0.467. The molecule has 2 nitrogen and oxygen atoms in total. The largest absolute Gasteiger partial charge is 0.492 e. The van der Waals surface area contributed by atoms with E-state index >= 15 is 0 Å². The minimum absolute atomic E-state index is 0.467. The Morgan fingerprint density at radius 1 is 1.29 bits per heavy atom. The molecule has 0 aromatic heterocycles. The van der Waals surface area contributed by atoms with Crippen LogP contribution in [0, 0.1) is 12.8 Å². The van der Waals surface area contributed by atoms with Crippen LogP contribution < -0.4 is 10.1 Å². The molecular formula is C14H22ClNO.